The molecule has 0 aromatic heterocycles. The molecule has 0 aliphatic carbocycles. The average Bonchev–Trinajstić information content (AvgIpc) is 2.81. The van der Waals surface area contributed by atoms with Gasteiger partial charge in [-0.25, -0.2) is 8.78 Å². The molecule has 0 N–H and O–H groups in total. The number of halogens is 2. The van der Waals surface area contributed by atoms with Crippen LogP contribution in [0.25, 0.3) is 0 Å². The molecule has 1 aromatic rings. The number of benzene rings is 1. The summed E-state index contributed by atoms with van der Waals surface area (Å²) in [6, 6.07) is 2.96. The van der Waals surface area contributed by atoms with Crippen molar-refractivity contribution in [3.63, 3.8) is 0 Å². The minimum absolute atomic E-state index is 0.135. The number of carbonyl (C=O) groups is 2. The van der Waals surface area contributed by atoms with E-state index in [1.807, 2.05) is 0 Å². The van der Waals surface area contributed by atoms with E-state index < -0.39 is 17.5 Å². The van der Waals surface area contributed by atoms with Crippen molar-refractivity contribution >= 4 is 11.9 Å². The van der Waals surface area contributed by atoms with Crippen molar-refractivity contribution in [2.75, 3.05) is 19.7 Å². The predicted molar refractivity (Wildman–Crippen MR) is 127 cm³/mol. The third-order valence-corrected chi connectivity index (χ3v) is 6.52. The summed E-state index contributed by atoms with van der Waals surface area (Å²) >= 11 is 0. The van der Waals surface area contributed by atoms with E-state index in [4.69, 9.17) is 4.74 Å². The van der Waals surface area contributed by atoms with Gasteiger partial charge in [-0.05, 0) is 31.4 Å². The molecule has 1 aliphatic rings. The third kappa shape index (κ3) is 10.2. The molecule has 1 heterocycles. The molecule has 1 fully saturated rings. The zero-order valence-electron chi connectivity index (χ0n) is 20.3. The molecule has 1 saturated heterocycles. The van der Waals surface area contributed by atoms with Crippen LogP contribution in [0.3, 0.4) is 0 Å². The molecule has 0 radical (unpaired) electrons. The maximum Gasteiger partial charge on any atom is 0.309 e. The summed E-state index contributed by atoms with van der Waals surface area (Å²) in [6.07, 6.45) is 16.2. The molecule has 2 rings (SSSR count). The molecule has 6 heteroatoms. The van der Waals surface area contributed by atoms with Gasteiger partial charge in [-0.3, -0.25) is 9.59 Å². The van der Waals surface area contributed by atoms with Crippen LogP contribution >= 0.6 is 0 Å². The third-order valence-electron chi connectivity index (χ3n) is 6.52. The van der Waals surface area contributed by atoms with Crippen LogP contribution in [0.2, 0.25) is 0 Å². The molecule has 0 atom stereocenters. The fourth-order valence-corrected chi connectivity index (χ4v) is 4.39. The SMILES string of the molecule is CCCCCCCCCCCCCCOC(=O)C1CCN(C(=O)c2ccc(F)cc2F)CC1. The number of nitrogens with zero attached hydrogens (tertiary/aromatic N) is 1. The van der Waals surface area contributed by atoms with Gasteiger partial charge in [-0.2, -0.15) is 0 Å². The van der Waals surface area contributed by atoms with Crippen LogP contribution in [-0.2, 0) is 9.53 Å². The monoisotopic (exact) mass is 465 g/mol. The predicted octanol–water partition coefficient (Wildman–Crippen LogP) is 7.06. The van der Waals surface area contributed by atoms with Crippen molar-refractivity contribution in [1.29, 1.82) is 0 Å². The fraction of sp³-hybridized carbons (Fsp3) is 0.704. The van der Waals surface area contributed by atoms with E-state index in [9.17, 15) is 18.4 Å². The first-order valence-corrected chi connectivity index (χ1v) is 12.9. The summed E-state index contributed by atoms with van der Waals surface area (Å²) in [4.78, 5) is 26.3. The van der Waals surface area contributed by atoms with Gasteiger partial charge in [-0.15, -0.1) is 0 Å². The topological polar surface area (TPSA) is 46.6 Å². The highest BCUT2D eigenvalue weighted by Gasteiger charge is 2.29. The van der Waals surface area contributed by atoms with Crippen LogP contribution in [0, 0.1) is 17.6 Å². The van der Waals surface area contributed by atoms with Crippen LogP contribution in [0.15, 0.2) is 18.2 Å². The summed E-state index contributed by atoms with van der Waals surface area (Å²) in [5.41, 5.74) is -0.135. The highest BCUT2D eigenvalue weighted by Crippen LogP contribution is 2.22. The molecule has 0 bridgehead atoms. The lowest BCUT2D eigenvalue weighted by Crippen LogP contribution is -2.41. The summed E-state index contributed by atoms with van der Waals surface area (Å²) in [6.45, 7) is 3.44. The Morgan fingerprint density at radius 3 is 1.97 bits per heavy atom. The number of likely N-dealkylation sites (tertiary alicyclic amines) is 1. The second-order valence-electron chi connectivity index (χ2n) is 9.25. The largest absolute Gasteiger partial charge is 0.465 e. The van der Waals surface area contributed by atoms with E-state index in [2.05, 4.69) is 6.92 Å². The number of ether oxygens (including phenoxy) is 1. The van der Waals surface area contributed by atoms with E-state index in [1.165, 1.54) is 75.2 Å². The number of hydrogen-bond donors (Lipinski definition) is 0. The Kier molecular flexibility index (Phi) is 13.0. The minimum atomic E-state index is -0.857. The molecular formula is C27H41F2NO3. The number of unbranched alkanes of at least 4 members (excludes halogenated alkanes) is 11. The van der Waals surface area contributed by atoms with Gasteiger partial charge in [0.25, 0.3) is 5.91 Å². The quantitative estimate of drug-likeness (QED) is 0.206. The zero-order chi connectivity index (χ0) is 23.9. The molecule has 1 amide bonds. The van der Waals surface area contributed by atoms with E-state index in [0.29, 0.717) is 38.6 Å². The van der Waals surface area contributed by atoms with E-state index in [0.717, 1.165) is 18.9 Å². The lowest BCUT2D eigenvalue weighted by molar-refractivity contribution is -0.150. The van der Waals surface area contributed by atoms with Gasteiger partial charge in [-0.1, -0.05) is 77.6 Å². The smallest absolute Gasteiger partial charge is 0.309 e. The lowest BCUT2D eigenvalue weighted by atomic mass is 9.96. The van der Waals surface area contributed by atoms with Crippen LogP contribution < -0.4 is 0 Å². The number of rotatable bonds is 15. The summed E-state index contributed by atoms with van der Waals surface area (Å²) < 4.78 is 32.4. The highest BCUT2D eigenvalue weighted by molar-refractivity contribution is 5.94. The normalized spacial score (nSPS) is 14.5. The van der Waals surface area contributed by atoms with Crippen molar-refractivity contribution in [1.82, 2.24) is 4.90 Å². The van der Waals surface area contributed by atoms with Gasteiger partial charge in [0.05, 0.1) is 18.1 Å². The van der Waals surface area contributed by atoms with Crippen molar-refractivity contribution in [2.24, 2.45) is 5.92 Å². The maximum absolute atomic E-state index is 13.9. The number of piperidine rings is 1. The Labute approximate surface area is 198 Å². The van der Waals surface area contributed by atoms with Crippen molar-refractivity contribution < 1.29 is 23.1 Å². The number of amides is 1. The molecule has 1 aromatic carbocycles. The van der Waals surface area contributed by atoms with Gasteiger partial charge in [0.15, 0.2) is 0 Å². The van der Waals surface area contributed by atoms with Gasteiger partial charge in [0.1, 0.15) is 11.6 Å². The van der Waals surface area contributed by atoms with Crippen LogP contribution in [0.4, 0.5) is 8.78 Å². The Bertz CT molecular complexity index is 717. The van der Waals surface area contributed by atoms with Gasteiger partial charge >= 0.3 is 5.97 Å². The van der Waals surface area contributed by atoms with Gasteiger partial charge in [0, 0.05) is 19.2 Å². The molecular weight excluding hydrogens is 424 g/mol. The lowest BCUT2D eigenvalue weighted by Gasteiger charge is -2.31. The first-order valence-electron chi connectivity index (χ1n) is 12.9. The second-order valence-corrected chi connectivity index (χ2v) is 9.25. The van der Waals surface area contributed by atoms with Crippen LogP contribution in [0.5, 0.6) is 0 Å². The van der Waals surface area contributed by atoms with E-state index >= 15 is 0 Å². The number of carbonyl (C=O) groups excluding carboxylic acids is 2. The highest BCUT2D eigenvalue weighted by atomic mass is 19.1. The maximum atomic E-state index is 13.9. The van der Waals surface area contributed by atoms with Crippen LogP contribution in [-0.4, -0.2) is 36.5 Å². The molecule has 4 nitrogen and oxygen atoms in total. The molecule has 0 saturated carbocycles. The van der Waals surface area contributed by atoms with E-state index in [-0.39, 0.29) is 17.5 Å². The Morgan fingerprint density at radius 2 is 1.42 bits per heavy atom. The molecule has 0 unspecified atom stereocenters. The molecule has 186 valence electrons. The molecule has 1 aliphatic heterocycles. The second kappa shape index (κ2) is 15.8. The standard InChI is InChI=1S/C27H41F2NO3/c1-2-3-4-5-6-7-8-9-10-11-12-13-20-33-27(32)22-16-18-30(19-17-22)26(31)24-15-14-23(28)21-25(24)29/h14-15,21-22H,2-13,16-20H2,1H3. The Balaban J connectivity index is 1.49. The summed E-state index contributed by atoms with van der Waals surface area (Å²) in [5.74, 6) is -2.44. The van der Waals surface area contributed by atoms with E-state index in [1.54, 1.807) is 0 Å². The summed E-state index contributed by atoms with van der Waals surface area (Å²) in [5, 5.41) is 0. The first kappa shape index (κ1) is 27.3. The number of esters is 1. The zero-order valence-corrected chi connectivity index (χ0v) is 20.3. The van der Waals surface area contributed by atoms with Crippen molar-refractivity contribution in [3.05, 3.63) is 35.4 Å². The number of hydrogen-bond acceptors (Lipinski definition) is 3. The minimum Gasteiger partial charge on any atom is -0.465 e. The van der Waals surface area contributed by atoms with Gasteiger partial charge in [0.2, 0.25) is 0 Å². The first-order chi connectivity index (χ1) is 16.0. The fourth-order valence-electron chi connectivity index (χ4n) is 4.39. The van der Waals surface area contributed by atoms with Crippen molar-refractivity contribution in [2.45, 2.75) is 96.8 Å². The summed E-state index contributed by atoms with van der Waals surface area (Å²) in [7, 11) is 0. The van der Waals surface area contributed by atoms with Gasteiger partial charge < -0.3 is 9.64 Å². The Hall–Kier alpha value is -1.98. The Morgan fingerprint density at radius 1 is 0.879 bits per heavy atom. The molecule has 0 spiro atoms. The average molecular weight is 466 g/mol. The van der Waals surface area contributed by atoms with Crippen molar-refractivity contribution in [3.8, 4) is 0 Å². The molecule has 33 heavy (non-hydrogen) atoms. The van der Waals surface area contributed by atoms with Crippen LogP contribution in [0.1, 0.15) is 107 Å².